The molecule has 2 atom stereocenters. The fourth-order valence-corrected chi connectivity index (χ4v) is 2.36. The van der Waals surface area contributed by atoms with Gasteiger partial charge in [-0.15, -0.1) is 0 Å². The van der Waals surface area contributed by atoms with Crippen LogP contribution in [0.15, 0.2) is 24.3 Å². The first-order valence-corrected chi connectivity index (χ1v) is 8.09. The van der Waals surface area contributed by atoms with Gasteiger partial charge in [0.15, 0.2) is 0 Å². The standard InChI is InChI=1S/C15H24N2OS/c1-4-14(12-7-5-11(2)6-8-12)17-15(18)13(16)9-10-19-3/h5-8,13-14H,4,9-10,16H2,1-3H3,(H,17,18)/t13-,14?/m1/s1. The monoisotopic (exact) mass is 280 g/mol. The van der Waals surface area contributed by atoms with Crippen LogP contribution >= 0.6 is 11.8 Å². The van der Waals surface area contributed by atoms with Crippen LogP contribution in [-0.4, -0.2) is 24.0 Å². The Labute approximate surface area is 120 Å². The highest BCUT2D eigenvalue weighted by atomic mass is 32.2. The molecule has 4 heteroatoms. The van der Waals surface area contributed by atoms with Crippen molar-refractivity contribution < 1.29 is 4.79 Å². The molecule has 3 N–H and O–H groups in total. The summed E-state index contributed by atoms with van der Waals surface area (Å²) in [4.78, 5) is 12.0. The molecular formula is C15H24N2OS. The zero-order valence-corrected chi connectivity index (χ0v) is 12.8. The lowest BCUT2D eigenvalue weighted by Gasteiger charge is -2.20. The van der Waals surface area contributed by atoms with E-state index in [4.69, 9.17) is 5.73 Å². The van der Waals surface area contributed by atoms with Gasteiger partial charge in [-0.05, 0) is 37.3 Å². The highest BCUT2D eigenvalue weighted by Gasteiger charge is 2.17. The Balaban J connectivity index is 2.61. The molecule has 19 heavy (non-hydrogen) atoms. The summed E-state index contributed by atoms with van der Waals surface area (Å²) in [5.74, 6) is 0.858. The van der Waals surface area contributed by atoms with E-state index in [0.717, 1.165) is 24.2 Å². The fraction of sp³-hybridized carbons (Fsp3) is 0.533. The van der Waals surface area contributed by atoms with E-state index in [9.17, 15) is 4.79 Å². The Hall–Kier alpha value is -1.00. The van der Waals surface area contributed by atoms with Gasteiger partial charge in [-0.3, -0.25) is 4.79 Å². The number of rotatable bonds is 7. The minimum atomic E-state index is -0.410. The lowest BCUT2D eigenvalue weighted by atomic mass is 10.0. The molecule has 0 spiro atoms. The van der Waals surface area contributed by atoms with Gasteiger partial charge in [-0.1, -0.05) is 36.8 Å². The summed E-state index contributed by atoms with van der Waals surface area (Å²) in [6, 6.07) is 7.91. The maximum atomic E-state index is 12.0. The second-order valence-electron chi connectivity index (χ2n) is 4.77. The van der Waals surface area contributed by atoms with Crippen LogP contribution in [0.25, 0.3) is 0 Å². The first-order valence-electron chi connectivity index (χ1n) is 6.70. The number of aryl methyl sites for hydroxylation is 1. The van der Waals surface area contributed by atoms with Crippen LogP contribution in [-0.2, 0) is 4.79 Å². The van der Waals surface area contributed by atoms with Gasteiger partial charge in [0.25, 0.3) is 0 Å². The van der Waals surface area contributed by atoms with Gasteiger partial charge in [-0.25, -0.2) is 0 Å². The first kappa shape index (κ1) is 16.1. The molecule has 1 rings (SSSR count). The third-order valence-electron chi connectivity index (χ3n) is 3.17. The van der Waals surface area contributed by atoms with Crippen molar-refractivity contribution in [2.75, 3.05) is 12.0 Å². The molecule has 0 bridgehead atoms. The summed E-state index contributed by atoms with van der Waals surface area (Å²) >= 11 is 1.71. The molecule has 0 fully saturated rings. The van der Waals surface area contributed by atoms with Crippen molar-refractivity contribution in [2.45, 2.75) is 38.8 Å². The summed E-state index contributed by atoms with van der Waals surface area (Å²) in [5, 5.41) is 3.04. The van der Waals surface area contributed by atoms with Gasteiger partial charge in [0.05, 0.1) is 12.1 Å². The molecule has 1 unspecified atom stereocenters. The number of thioether (sulfide) groups is 1. The Bertz CT molecular complexity index is 392. The molecule has 1 aromatic rings. The van der Waals surface area contributed by atoms with E-state index in [2.05, 4.69) is 43.4 Å². The molecule has 0 aliphatic carbocycles. The Morgan fingerprint density at radius 1 is 1.37 bits per heavy atom. The Morgan fingerprint density at radius 3 is 2.53 bits per heavy atom. The topological polar surface area (TPSA) is 55.1 Å². The van der Waals surface area contributed by atoms with E-state index in [0.29, 0.717) is 0 Å². The predicted molar refractivity (Wildman–Crippen MR) is 83.3 cm³/mol. The molecule has 1 amide bonds. The van der Waals surface area contributed by atoms with Crippen molar-refractivity contribution in [3.63, 3.8) is 0 Å². The molecule has 0 heterocycles. The average Bonchev–Trinajstić information content (AvgIpc) is 2.42. The Kier molecular flexibility index (Phi) is 6.95. The van der Waals surface area contributed by atoms with Crippen molar-refractivity contribution in [1.29, 1.82) is 0 Å². The van der Waals surface area contributed by atoms with Gasteiger partial charge in [0.1, 0.15) is 0 Å². The predicted octanol–water partition coefficient (Wildman–Crippen LogP) is 2.64. The molecule has 106 valence electrons. The molecule has 0 aliphatic heterocycles. The average molecular weight is 280 g/mol. The van der Waals surface area contributed by atoms with E-state index in [1.807, 2.05) is 6.26 Å². The highest BCUT2D eigenvalue weighted by Crippen LogP contribution is 2.17. The number of carbonyl (C=O) groups is 1. The number of hydrogen-bond acceptors (Lipinski definition) is 3. The number of carbonyl (C=O) groups excluding carboxylic acids is 1. The summed E-state index contributed by atoms with van der Waals surface area (Å²) in [7, 11) is 0. The van der Waals surface area contributed by atoms with Gasteiger partial charge in [0, 0.05) is 0 Å². The second-order valence-corrected chi connectivity index (χ2v) is 5.75. The van der Waals surface area contributed by atoms with Crippen molar-refractivity contribution in [1.82, 2.24) is 5.32 Å². The molecule has 0 radical (unpaired) electrons. The zero-order valence-electron chi connectivity index (χ0n) is 12.0. The summed E-state index contributed by atoms with van der Waals surface area (Å²) in [5.41, 5.74) is 8.24. The van der Waals surface area contributed by atoms with Gasteiger partial charge in [-0.2, -0.15) is 11.8 Å². The smallest absolute Gasteiger partial charge is 0.237 e. The molecule has 0 aliphatic rings. The number of amides is 1. The lowest BCUT2D eigenvalue weighted by Crippen LogP contribution is -2.42. The third-order valence-corrected chi connectivity index (χ3v) is 3.82. The van der Waals surface area contributed by atoms with Crippen LogP contribution in [0, 0.1) is 6.92 Å². The maximum absolute atomic E-state index is 12.0. The highest BCUT2D eigenvalue weighted by molar-refractivity contribution is 7.98. The van der Waals surface area contributed by atoms with E-state index in [1.165, 1.54) is 5.56 Å². The molecule has 3 nitrogen and oxygen atoms in total. The number of benzene rings is 1. The minimum Gasteiger partial charge on any atom is -0.348 e. The van der Waals surface area contributed by atoms with Crippen LogP contribution in [0.1, 0.15) is 36.9 Å². The molecule has 0 aromatic heterocycles. The number of hydrogen-bond donors (Lipinski definition) is 2. The van der Waals surface area contributed by atoms with Crippen LogP contribution in [0.5, 0.6) is 0 Å². The second kappa shape index (κ2) is 8.23. The molecule has 1 aromatic carbocycles. The van der Waals surface area contributed by atoms with Crippen molar-refractivity contribution >= 4 is 17.7 Å². The van der Waals surface area contributed by atoms with Crippen LogP contribution in [0.4, 0.5) is 0 Å². The number of nitrogens with one attached hydrogen (secondary N) is 1. The maximum Gasteiger partial charge on any atom is 0.237 e. The normalized spacial score (nSPS) is 13.9. The summed E-state index contributed by atoms with van der Waals surface area (Å²) < 4.78 is 0. The van der Waals surface area contributed by atoms with Crippen molar-refractivity contribution in [3.8, 4) is 0 Å². The van der Waals surface area contributed by atoms with Crippen molar-refractivity contribution in [3.05, 3.63) is 35.4 Å². The number of nitrogens with two attached hydrogens (primary N) is 1. The molecular weight excluding hydrogens is 256 g/mol. The fourth-order valence-electron chi connectivity index (χ4n) is 1.87. The summed E-state index contributed by atoms with van der Waals surface area (Å²) in [6.07, 6.45) is 3.60. The zero-order chi connectivity index (χ0) is 14.3. The lowest BCUT2D eigenvalue weighted by molar-refractivity contribution is -0.123. The first-order chi connectivity index (χ1) is 9.08. The van der Waals surface area contributed by atoms with Gasteiger partial charge < -0.3 is 11.1 Å². The van der Waals surface area contributed by atoms with E-state index in [-0.39, 0.29) is 11.9 Å². The van der Waals surface area contributed by atoms with Crippen LogP contribution in [0.2, 0.25) is 0 Å². The molecule has 0 saturated carbocycles. The van der Waals surface area contributed by atoms with Gasteiger partial charge in [0.2, 0.25) is 5.91 Å². The molecule has 0 saturated heterocycles. The van der Waals surface area contributed by atoms with Crippen LogP contribution < -0.4 is 11.1 Å². The van der Waals surface area contributed by atoms with E-state index >= 15 is 0 Å². The largest absolute Gasteiger partial charge is 0.348 e. The van der Waals surface area contributed by atoms with E-state index < -0.39 is 6.04 Å². The minimum absolute atomic E-state index is 0.0495. The van der Waals surface area contributed by atoms with Gasteiger partial charge >= 0.3 is 0 Å². The third kappa shape index (κ3) is 5.25. The van der Waals surface area contributed by atoms with Crippen LogP contribution in [0.3, 0.4) is 0 Å². The van der Waals surface area contributed by atoms with E-state index in [1.54, 1.807) is 11.8 Å². The van der Waals surface area contributed by atoms with Crippen molar-refractivity contribution in [2.24, 2.45) is 5.73 Å². The quantitative estimate of drug-likeness (QED) is 0.807. The Morgan fingerprint density at radius 2 is 2.00 bits per heavy atom. The SMILES string of the molecule is CCC(NC(=O)[C@H](N)CCSC)c1ccc(C)cc1. The summed E-state index contributed by atoms with van der Waals surface area (Å²) in [6.45, 7) is 4.12.